The Kier molecular flexibility index (Phi) is 6.47. The smallest absolute Gasteiger partial charge is 0.134 e. The topological polar surface area (TPSA) is 110 Å². The van der Waals surface area contributed by atoms with Crippen molar-refractivity contribution in [2.24, 2.45) is 21.6 Å². The summed E-state index contributed by atoms with van der Waals surface area (Å²) in [4.78, 5) is 19.9. The van der Waals surface area contributed by atoms with E-state index in [9.17, 15) is 4.39 Å². The minimum atomic E-state index is -0.456. The van der Waals surface area contributed by atoms with E-state index in [1.165, 1.54) is 12.1 Å². The molecule has 1 saturated heterocycles. The van der Waals surface area contributed by atoms with E-state index in [1.54, 1.807) is 24.7 Å². The first kappa shape index (κ1) is 24.1. The van der Waals surface area contributed by atoms with Crippen LogP contribution in [0.15, 0.2) is 77.2 Å². The van der Waals surface area contributed by atoms with Crippen LogP contribution in [0, 0.1) is 18.7 Å². The Bertz CT molecular complexity index is 1400. The molecule has 9 nitrogen and oxygen atoms in total. The highest BCUT2D eigenvalue weighted by atomic mass is 19.1. The summed E-state index contributed by atoms with van der Waals surface area (Å²) < 4.78 is 26.0. The first-order valence-corrected chi connectivity index (χ1v) is 12.6. The second kappa shape index (κ2) is 10.2. The van der Waals surface area contributed by atoms with Crippen molar-refractivity contribution in [3.63, 3.8) is 0 Å². The number of ether oxygens (including phenoxy) is 2. The first-order valence-electron chi connectivity index (χ1n) is 12.6. The molecule has 1 fully saturated rings. The average molecular weight is 514 g/mol. The predicted molar refractivity (Wildman–Crippen MR) is 142 cm³/mol. The lowest BCUT2D eigenvalue weighted by molar-refractivity contribution is 0.239. The van der Waals surface area contributed by atoms with Gasteiger partial charge in [-0.2, -0.15) is 0 Å². The van der Waals surface area contributed by atoms with E-state index in [2.05, 4.69) is 25.2 Å². The molecule has 3 aliphatic rings. The third-order valence-corrected chi connectivity index (χ3v) is 6.87. The molecule has 0 saturated carbocycles. The van der Waals surface area contributed by atoms with Gasteiger partial charge in [0.25, 0.3) is 0 Å². The zero-order valence-corrected chi connectivity index (χ0v) is 20.9. The zero-order valence-electron chi connectivity index (χ0n) is 20.9. The summed E-state index contributed by atoms with van der Waals surface area (Å²) in [7, 11) is 0. The maximum atomic E-state index is 14.3. The van der Waals surface area contributed by atoms with Crippen LogP contribution in [0.1, 0.15) is 23.4 Å². The molecule has 194 valence electrons. The summed E-state index contributed by atoms with van der Waals surface area (Å²) in [5, 5.41) is 3.43. The summed E-state index contributed by atoms with van der Waals surface area (Å²) in [6.45, 7) is 3.96. The van der Waals surface area contributed by atoms with Gasteiger partial charge in [-0.25, -0.2) is 19.4 Å². The lowest BCUT2D eigenvalue weighted by Gasteiger charge is -2.32. The van der Waals surface area contributed by atoms with Gasteiger partial charge in [0.15, 0.2) is 0 Å². The van der Waals surface area contributed by atoms with E-state index in [0.29, 0.717) is 34.8 Å². The van der Waals surface area contributed by atoms with Gasteiger partial charge in [-0.05, 0) is 49.7 Å². The first-order chi connectivity index (χ1) is 18.5. The number of halogens is 1. The third kappa shape index (κ3) is 4.95. The Labute approximate surface area is 219 Å². The third-order valence-electron chi connectivity index (χ3n) is 6.87. The highest BCUT2D eigenvalue weighted by Crippen LogP contribution is 2.33. The van der Waals surface area contributed by atoms with Gasteiger partial charge in [-0.1, -0.05) is 0 Å². The molecule has 3 atom stereocenters. The van der Waals surface area contributed by atoms with Gasteiger partial charge in [0.1, 0.15) is 53.5 Å². The Morgan fingerprint density at radius 1 is 1.08 bits per heavy atom. The van der Waals surface area contributed by atoms with E-state index in [0.717, 1.165) is 36.3 Å². The Morgan fingerprint density at radius 3 is 2.63 bits per heavy atom. The molecule has 6 rings (SSSR count). The van der Waals surface area contributed by atoms with E-state index < -0.39 is 5.82 Å². The summed E-state index contributed by atoms with van der Waals surface area (Å²) in [6, 6.07) is 11.7. The molecule has 0 aliphatic carbocycles. The summed E-state index contributed by atoms with van der Waals surface area (Å²) in [5.74, 6) is 2.42. The number of fused-ring (bicyclic) bond motifs is 1. The lowest BCUT2D eigenvalue weighted by Crippen LogP contribution is -2.49. The molecule has 3 unspecified atom stereocenters. The molecule has 2 aromatic carbocycles. The van der Waals surface area contributed by atoms with Crippen molar-refractivity contribution >= 4 is 11.5 Å². The maximum Gasteiger partial charge on any atom is 0.134 e. The van der Waals surface area contributed by atoms with Crippen LogP contribution in [0.3, 0.4) is 0 Å². The van der Waals surface area contributed by atoms with Crippen molar-refractivity contribution in [3.8, 4) is 17.2 Å². The van der Waals surface area contributed by atoms with Crippen LogP contribution in [0.2, 0.25) is 0 Å². The van der Waals surface area contributed by atoms with E-state index in [4.69, 9.17) is 20.2 Å². The number of rotatable bonds is 7. The van der Waals surface area contributed by atoms with Gasteiger partial charge >= 0.3 is 0 Å². The quantitative estimate of drug-likeness (QED) is 0.497. The molecular formula is C28H28FN7O2. The standard InChI is InChI=1S/C28H28FN7O2/c1-17-33-13-18(14-34-17)16-37-23-10-21(29)11-24(12-23)38-22-4-2-19(3-5-22)25-26-27(30)32-8-9-36(26)28(35-25)20-6-7-31-15-20/h2-5,8-14,20,26,28,31H,6-7,15-16H2,1H3,(H2,30,32). The SMILES string of the molecule is Cc1ncc(COc2cc(F)cc(Oc3ccc(C4=NC(C5CCNC5)N5C=CN=C(N)C45)cc3)c2)cn1. The van der Waals surface area contributed by atoms with Gasteiger partial charge in [0.05, 0.1) is 5.71 Å². The molecule has 0 spiro atoms. The molecule has 38 heavy (non-hydrogen) atoms. The predicted octanol–water partition coefficient (Wildman–Crippen LogP) is 3.55. The number of aromatic nitrogens is 2. The highest BCUT2D eigenvalue weighted by molar-refractivity contribution is 6.19. The van der Waals surface area contributed by atoms with Crippen molar-refractivity contribution in [1.82, 2.24) is 20.2 Å². The zero-order chi connectivity index (χ0) is 26.1. The van der Waals surface area contributed by atoms with Gasteiger partial charge in [-0.3, -0.25) is 4.99 Å². The minimum Gasteiger partial charge on any atom is -0.489 e. The van der Waals surface area contributed by atoms with E-state index in [1.807, 2.05) is 37.4 Å². The molecule has 10 heteroatoms. The molecule has 3 aliphatic heterocycles. The normalized spacial score (nSPS) is 22.2. The molecule has 0 radical (unpaired) electrons. The summed E-state index contributed by atoms with van der Waals surface area (Å²) in [5.41, 5.74) is 8.94. The van der Waals surface area contributed by atoms with Crippen molar-refractivity contribution in [1.29, 1.82) is 0 Å². The number of amidine groups is 1. The molecule has 3 N–H and O–H groups in total. The average Bonchev–Trinajstić information content (AvgIpc) is 3.58. The molecule has 3 aromatic rings. The second-order valence-corrected chi connectivity index (χ2v) is 9.56. The highest BCUT2D eigenvalue weighted by Gasteiger charge is 2.42. The molecule has 4 heterocycles. The fourth-order valence-corrected chi connectivity index (χ4v) is 4.99. The van der Waals surface area contributed by atoms with Crippen LogP contribution < -0.4 is 20.5 Å². The van der Waals surface area contributed by atoms with Crippen molar-refractivity contribution in [2.75, 3.05) is 13.1 Å². The van der Waals surface area contributed by atoms with Gasteiger partial charge in [0.2, 0.25) is 0 Å². The number of nitrogens with two attached hydrogens (primary N) is 1. The van der Waals surface area contributed by atoms with Gasteiger partial charge in [0, 0.05) is 61.0 Å². The molecule has 0 bridgehead atoms. The summed E-state index contributed by atoms with van der Waals surface area (Å²) >= 11 is 0. The van der Waals surface area contributed by atoms with Crippen LogP contribution in [-0.4, -0.2) is 51.7 Å². The fraction of sp³-hybridized carbons (Fsp3) is 0.286. The number of aliphatic imine (C=N–C) groups is 2. The van der Waals surface area contributed by atoms with Crippen molar-refractivity contribution in [2.45, 2.75) is 32.2 Å². The number of nitrogens with one attached hydrogen (secondary N) is 1. The van der Waals surface area contributed by atoms with E-state index >= 15 is 0 Å². The van der Waals surface area contributed by atoms with E-state index in [-0.39, 0.29) is 18.8 Å². The number of nitrogens with zero attached hydrogens (tertiary/aromatic N) is 5. The Balaban J connectivity index is 1.17. The minimum absolute atomic E-state index is 0.0170. The largest absolute Gasteiger partial charge is 0.489 e. The van der Waals surface area contributed by atoms with Crippen LogP contribution in [0.25, 0.3) is 0 Å². The van der Waals surface area contributed by atoms with Crippen molar-refractivity contribution in [3.05, 3.63) is 90.0 Å². The number of hydrogen-bond acceptors (Lipinski definition) is 9. The molecular weight excluding hydrogens is 485 g/mol. The summed E-state index contributed by atoms with van der Waals surface area (Å²) in [6.07, 6.45) is 8.17. The molecule has 0 amide bonds. The van der Waals surface area contributed by atoms with Crippen LogP contribution >= 0.6 is 0 Å². The van der Waals surface area contributed by atoms with Gasteiger partial charge < -0.3 is 25.4 Å². The van der Waals surface area contributed by atoms with Crippen molar-refractivity contribution < 1.29 is 13.9 Å². The number of benzene rings is 2. The Hall–Kier alpha value is -4.31. The fourth-order valence-electron chi connectivity index (χ4n) is 4.99. The number of hydrogen-bond donors (Lipinski definition) is 2. The second-order valence-electron chi connectivity index (χ2n) is 9.56. The lowest BCUT2D eigenvalue weighted by atomic mass is 10.0. The Morgan fingerprint density at radius 2 is 1.87 bits per heavy atom. The van der Waals surface area contributed by atoms with Crippen LogP contribution in [0.5, 0.6) is 17.2 Å². The number of aryl methyl sites for hydroxylation is 1. The van der Waals surface area contributed by atoms with Crippen LogP contribution in [0.4, 0.5) is 4.39 Å². The monoisotopic (exact) mass is 513 g/mol. The van der Waals surface area contributed by atoms with Crippen LogP contribution in [-0.2, 0) is 6.61 Å². The maximum absolute atomic E-state index is 14.3. The molecule has 1 aromatic heterocycles. The van der Waals surface area contributed by atoms with Gasteiger partial charge in [-0.15, -0.1) is 0 Å².